The van der Waals surface area contributed by atoms with E-state index in [-0.39, 0.29) is 17.3 Å². The Morgan fingerprint density at radius 2 is 1.53 bits per heavy atom. The Balaban J connectivity index is 2.01. The number of nitrogens with zero attached hydrogens (tertiary/aromatic N) is 2. The van der Waals surface area contributed by atoms with Crippen molar-refractivity contribution >= 4 is 66.0 Å². The van der Waals surface area contributed by atoms with E-state index in [2.05, 4.69) is 43.8 Å². The normalized spacial score (nSPS) is 12.5. The second-order valence-electron chi connectivity index (χ2n) is 9.86. The third-order valence-electron chi connectivity index (χ3n) is 5.66. The fourth-order valence-corrected chi connectivity index (χ4v) is 5.76. The molecule has 0 spiro atoms. The molecule has 0 saturated carbocycles. The smallest absolute Gasteiger partial charge is 0.264 e. The Bertz CT molecular complexity index is 1360. The van der Waals surface area contributed by atoms with Crippen molar-refractivity contribution in [2.75, 3.05) is 10.8 Å². The van der Waals surface area contributed by atoms with Crippen molar-refractivity contribution in [2.45, 2.75) is 50.7 Å². The summed E-state index contributed by atoms with van der Waals surface area (Å²) in [6.07, 6.45) is 0. The lowest BCUT2D eigenvalue weighted by Crippen LogP contribution is -2.54. The minimum atomic E-state index is -4.07. The number of carbonyl (C=O) groups is 2. The summed E-state index contributed by atoms with van der Waals surface area (Å²) in [7, 11) is -4.07. The van der Waals surface area contributed by atoms with Gasteiger partial charge in [-0.3, -0.25) is 13.9 Å². The van der Waals surface area contributed by atoms with Gasteiger partial charge in [0.15, 0.2) is 0 Å². The van der Waals surface area contributed by atoms with Crippen LogP contribution in [0.3, 0.4) is 0 Å². The van der Waals surface area contributed by atoms with Crippen LogP contribution >= 0.6 is 38.5 Å². The Morgan fingerprint density at radius 1 is 0.947 bits per heavy atom. The second kappa shape index (κ2) is 12.6. The van der Waals surface area contributed by atoms with Gasteiger partial charge in [0, 0.05) is 20.1 Å². The molecule has 10 heteroatoms. The summed E-state index contributed by atoms with van der Waals surface area (Å²) in [6, 6.07) is 21.5. The number of hydrogen-bond acceptors (Lipinski definition) is 4. The molecule has 0 aliphatic rings. The van der Waals surface area contributed by atoms with Crippen molar-refractivity contribution in [1.29, 1.82) is 0 Å². The first-order valence-corrected chi connectivity index (χ1v) is 15.3. The molecule has 0 heterocycles. The number of rotatable bonds is 9. The average molecular weight is 712 g/mol. The lowest BCUT2D eigenvalue weighted by Gasteiger charge is -2.33. The summed E-state index contributed by atoms with van der Waals surface area (Å²) in [5.41, 5.74) is 0.670. The Hall–Kier alpha value is -2.44. The van der Waals surface area contributed by atoms with E-state index in [1.54, 1.807) is 49.4 Å². The van der Waals surface area contributed by atoms with E-state index in [1.165, 1.54) is 17.0 Å². The maximum Gasteiger partial charge on any atom is 0.264 e. The summed E-state index contributed by atoms with van der Waals surface area (Å²) in [6.45, 7) is 6.91. The van der Waals surface area contributed by atoms with Crippen LogP contribution in [0.1, 0.15) is 33.3 Å². The third kappa shape index (κ3) is 8.03. The number of hydrogen-bond donors (Lipinski definition) is 1. The van der Waals surface area contributed by atoms with Crippen molar-refractivity contribution in [3.05, 3.63) is 92.5 Å². The van der Waals surface area contributed by atoms with Crippen molar-refractivity contribution in [3.8, 4) is 0 Å². The van der Waals surface area contributed by atoms with E-state index < -0.39 is 34.1 Å². The number of anilines is 1. The number of sulfonamides is 1. The van der Waals surface area contributed by atoms with Gasteiger partial charge in [0.25, 0.3) is 10.0 Å². The van der Waals surface area contributed by atoms with Crippen LogP contribution in [0.15, 0.2) is 88.2 Å². The molecule has 202 valence electrons. The highest BCUT2D eigenvalue weighted by Crippen LogP contribution is 2.25. The molecule has 0 saturated heterocycles. The fourth-order valence-electron chi connectivity index (χ4n) is 3.70. The van der Waals surface area contributed by atoms with Crippen LogP contribution < -0.4 is 9.62 Å². The number of carbonyl (C=O) groups excluding carboxylic acids is 2. The standard InChI is InChI=1S/C28H31BrIN3O4S/c1-20(27(35)31-28(2,3)4)32(18-21-10-12-22(29)13-11-21)26(34)19-33(24-16-14-23(30)15-17-24)38(36,37)25-8-6-5-7-9-25/h5-17,20H,18-19H2,1-4H3,(H,31,35)/t20-/m1/s1. The predicted molar refractivity (Wildman–Crippen MR) is 162 cm³/mol. The molecule has 0 aliphatic carbocycles. The molecular weight excluding hydrogens is 681 g/mol. The molecule has 3 aromatic rings. The minimum absolute atomic E-state index is 0.0735. The van der Waals surface area contributed by atoms with Gasteiger partial charge in [-0.15, -0.1) is 0 Å². The molecule has 0 aromatic heterocycles. The van der Waals surface area contributed by atoms with Gasteiger partial charge in [0.2, 0.25) is 11.8 Å². The van der Waals surface area contributed by atoms with Gasteiger partial charge in [0.05, 0.1) is 10.6 Å². The summed E-state index contributed by atoms with van der Waals surface area (Å²) >= 11 is 5.55. The first kappa shape index (κ1) is 30.1. The van der Waals surface area contributed by atoms with Gasteiger partial charge in [-0.25, -0.2) is 8.42 Å². The molecule has 1 atom stereocenters. The lowest BCUT2D eigenvalue weighted by molar-refractivity contribution is -0.140. The zero-order valence-corrected chi connectivity index (χ0v) is 26.2. The molecule has 3 aromatic carbocycles. The molecular formula is C28H31BrIN3O4S. The van der Waals surface area contributed by atoms with Gasteiger partial charge >= 0.3 is 0 Å². The van der Waals surface area contributed by atoms with Gasteiger partial charge in [-0.1, -0.05) is 46.3 Å². The Morgan fingerprint density at radius 3 is 2.08 bits per heavy atom. The number of halogens is 2. The minimum Gasteiger partial charge on any atom is -0.350 e. The SMILES string of the molecule is C[C@H](C(=O)NC(C)(C)C)N(Cc1ccc(Br)cc1)C(=O)CN(c1ccc(I)cc1)S(=O)(=O)c1ccccc1. The molecule has 0 radical (unpaired) electrons. The van der Waals surface area contributed by atoms with E-state index in [1.807, 2.05) is 45.0 Å². The van der Waals surface area contributed by atoms with Gasteiger partial charge in [0.1, 0.15) is 12.6 Å². The Labute approximate surface area is 246 Å². The van der Waals surface area contributed by atoms with Gasteiger partial charge in [-0.2, -0.15) is 0 Å². The molecule has 0 bridgehead atoms. The average Bonchev–Trinajstić information content (AvgIpc) is 2.86. The summed E-state index contributed by atoms with van der Waals surface area (Å²) in [4.78, 5) is 28.5. The third-order valence-corrected chi connectivity index (χ3v) is 8.69. The molecule has 3 rings (SSSR count). The van der Waals surface area contributed by atoms with Crippen LogP contribution in [0.5, 0.6) is 0 Å². The van der Waals surface area contributed by atoms with E-state index in [9.17, 15) is 18.0 Å². The van der Waals surface area contributed by atoms with Crippen LogP contribution in [-0.4, -0.2) is 43.3 Å². The number of nitrogens with one attached hydrogen (secondary N) is 1. The van der Waals surface area contributed by atoms with Crippen LogP contribution in [0.4, 0.5) is 5.69 Å². The monoisotopic (exact) mass is 711 g/mol. The van der Waals surface area contributed by atoms with Gasteiger partial charge in [-0.05, 0) is 104 Å². The zero-order chi connectivity index (χ0) is 28.1. The van der Waals surface area contributed by atoms with Crippen LogP contribution in [-0.2, 0) is 26.2 Å². The highest BCUT2D eigenvalue weighted by atomic mass is 127. The maximum absolute atomic E-state index is 13.9. The predicted octanol–water partition coefficient (Wildman–Crippen LogP) is 5.58. The van der Waals surface area contributed by atoms with E-state index in [4.69, 9.17) is 0 Å². The molecule has 38 heavy (non-hydrogen) atoms. The van der Waals surface area contributed by atoms with Crippen molar-refractivity contribution < 1.29 is 18.0 Å². The zero-order valence-electron chi connectivity index (χ0n) is 21.7. The largest absolute Gasteiger partial charge is 0.350 e. The van der Waals surface area contributed by atoms with Crippen molar-refractivity contribution in [1.82, 2.24) is 10.2 Å². The van der Waals surface area contributed by atoms with Gasteiger partial charge < -0.3 is 10.2 Å². The number of benzene rings is 3. The summed E-state index contributed by atoms with van der Waals surface area (Å²) in [5.74, 6) is -0.822. The number of amides is 2. The molecule has 1 N–H and O–H groups in total. The second-order valence-corrected chi connectivity index (χ2v) is 13.9. The Kier molecular flexibility index (Phi) is 9.99. The van der Waals surface area contributed by atoms with E-state index >= 15 is 0 Å². The molecule has 0 fully saturated rings. The molecule has 0 unspecified atom stereocenters. The van der Waals surface area contributed by atoms with E-state index in [0.29, 0.717) is 5.69 Å². The first-order chi connectivity index (χ1) is 17.8. The summed E-state index contributed by atoms with van der Waals surface area (Å²) < 4.78 is 30.4. The fraction of sp³-hybridized carbons (Fsp3) is 0.286. The van der Waals surface area contributed by atoms with Crippen molar-refractivity contribution in [3.63, 3.8) is 0 Å². The quantitative estimate of drug-likeness (QED) is 0.294. The molecule has 0 aliphatic heterocycles. The van der Waals surface area contributed by atoms with Crippen LogP contribution in [0, 0.1) is 3.57 Å². The lowest BCUT2D eigenvalue weighted by atomic mass is 10.1. The summed E-state index contributed by atoms with van der Waals surface area (Å²) in [5, 5.41) is 2.92. The van der Waals surface area contributed by atoms with Crippen LogP contribution in [0.25, 0.3) is 0 Å². The van der Waals surface area contributed by atoms with Crippen molar-refractivity contribution in [2.24, 2.45) is 0 Å². The van der Waals surface area contributed by atoms with E-state index in [0.717, 1.165) is 17.9 Å². The highest BCUT2D eigenvalue weighted by molar-refractivity contribution is 14.1. The highest BCUT2D eigenvalue weighted by Gasteiger charge is 2.33. The first-order valence-electron chi connectivity index (χ1n) is 12.0. The maximum atomic E-state index is 13.9. The topological polar surface area (TPSA) is 86.8 Å². The van der Waals surface area contributed by atoms with Crippen LogP contribution in [0.2, 0.25) is 0 Å². The molecule has 2 amide bonds. The molecule has 7 nitrogen and oxygen atoms in total.